The van der Waals surface area contributed by atoms with Gasteiger partial charge in [0.1, 0.15) is 0 Å². The lowest BCUT2D eigenvalue weighted by Crippen LogP contribution is -2.33. The molecule has 94 valence electrons. The lowest BCUT2D eigenvalue weighted by Gasteiger charge is -2.32. The third kappa shape index (κ3) is 3.34. The van der Waals surface area contributed by atoms with Gasteiger partial charge in [-0.05, 0) is 37.5 Å². The molecule has 0 spiro atoms. The molecule has 2 atom stereocenters. The molecule has 0 aromatic carbocycles. The number of hydrogen-bond acceptors (Lipinski definition) is 1. The van der Waals surface area contributed by atoms with Gasteiger partial charge in [-0.1, -0.05) is 55.2 Å². The van der Waals surface area contributed by atoms with Crippen molar-refractivity contribution in [2.75, 3.05) is 11.0 Å². The fourth-order valence-electron chi connectivity index (χ4n) is 3.34. The second-order valence-electron chi connectivity index (χ2n) is 5.97. The molecule has 0 bridgehead atoms. The molecule has 2 heteroatoms. The number of hydrogen-bond donors (Lipinski definition) is 0. The third-order valence-corrected chi connectivity index (χ3v) is 5.82. The Balaban J connectivity index is 1.77. The van der Waals surface area contributed by atoms with Crippen molar-refractivity contribution in [3.8, 4) is 0 Å². The summed E-state index contributed by atoms with van der Waals surface area (Å²) in [5.74, 6) is 1.78. The van der Waals surface area contributed by atoms with Crippen molar-refractivity contribution < 1.29 is 4.74 Å². The number of ether oxygens (including phenoxy) is 1. The second-order valence-corrected chi connectivity index (χ2v) is 6.74. The van der Waals surface area contributed by atoms with E-state index in [2.05, 4.69) is 29.5 Å². The van der Waals surface area contributed by atoms with Gasteiger partial charge in [0.25, 0.3) is 0 Å². The fraction of sp³-hybridized carbons (Fsp3) is 1.00. The zero-order valence-corrected chi connectivity index (χ0v) is 12.7. The maximum Gasteiger partial charge on any atom is 0.0771 e. The first kappa shape index (κ1) is 13.1. The Morgan fingerprint density at radius 3 is 2.56 bits per heavy atom. The van der Waals surface area contributed by atoms with Gasteiger partial charge in [0, 0.05) is 4.43 Å². The van der Waals surface area contributed by atoms with Crippen molar-refractivity contribution in [1.29, 1.82) is 0 Å². The average Bonchev–Trinajstić information content (AvgIpc) is 2.76. The molecule has 2 saturated carbocycles. The molecule has 0 radical (unpaired) electrons. The molecule has 0 aromatic heterocycles. The molecule has 0 amide bonds. The minimum absolute atomic E-state index is 0.265. The van der Waals surface area contributed by atoms with Gasteiger partial charge in [0.15, 0.2) is 0 Å². The molecule has 0 aromatic rings. The van der Waals surface area contributed by atoms with Crippen LogP contribution in [0.1, 0.15) is 58.3 Å². The zero-order chi connectivity index (χ0) is 11.4. The maximum atomic E-state index is 6.32. The van der Waals surface area contributed by atoms with E-state index in [1.165, 1.54) is 55.8 Å². The van der Waals surface area contributed by atoms with E-state index in [9.17, 15) is 0 Å². The monoisotopic (exact) mass is 336 g/mol. The van der Waals surface area contributed by atoms with Crippen molar-refractivity contribution in [2.45, 2.75) is 63.9 Å². The van der Waals surface area contributed by atoms with E-state index in [1.54, 1.807) is 0 Å². The highest BCUT2D eigenvalue weighted by atomic mass is 127. The maximum absolute atomic E-state index is 6.32. The van der Waals surface area contributed by atoms with Crippen molar-refractivity contribution in [3.63, 3.8) is 0 Å². The molecular weight excluding hydrogens is 311 g/mol. The molecule has 16 heavy (non-hydrogen) atoms. The molecule has 1 nitrogen and oxygen atoms in total. The van der Waals surface area contributed by atoms with Crippen LogP contribution in [0.2, 0.25) is 0 Å². The zero-order valence-electron chi connectivity index (χ0n) is 10.5. The summed E-state index contributed by atoms with van der Waals surface area (Å²) in [6.07, 6.45) is 11.0. The summed E-state index contributed by atoms with van der Waals surface area (Å²) < 4.78 is 7.51. The van der Waals surface area contributed by atoms with E-state index >= 15 is 0 Å². The van der Waals surface area contributed by atoms with Crippen LogP contribution in [-0.4, -0.2) is 16.6 Å². The van der Waals surface area contributed by atoms with Gasteiger partial charge in [-0.2, -0.15) is 0 Å². The summed E-state index contributed by atoms with van der Waals surface area (Å²) in [7, 11) is 0. The van der Waals surface area contributed by atoms with E-state index in [0.717, 1.165) is 18.4 Å². The third-order valence-electron chi connectivity index (χ3n) is 4.43. The summed E-state index contributed by atoms with van der Waals surface area (Å²) in [4.78, 5) is 0. The molecule has 2 unspecified atom stereocenters. The topological polar surface area (TPSA) is 9.23 Å². The molecule has 0 aliphatic heterocycles. The first-order chi connectivity index (χ1) is 7.74. The lowest BCUT2D eigenvalue weighted by molar-refractivity contribution is -0.0453. The summed E-state index contributed by atoms with van der Waals surface area (Å²) in [6.45, 7) is 3.43. The Morgan fingerprint density at radius 2 is 1.94 bits per heavy atom. The fourth-order valence-corrected chi connectivity index (χ4v) is 4.32. The summed E-state index contributed by atoms with van der Waals surface area (Å²) >= 11 is 2.52. The molecule has 0 N–H and O–H groups in total. The van der Waals surface area contributed by atoms with E-state index < -0.39 is 0 Å². The van der Waals surface area contributed by atoms with Crippen LogP contribution in [0, 0.1) is 11.8 Å². The van der Waals surface area contributed by atoms with E-state index in [4.69, 9.17) is 4.74 Å². The van der Waals surface area contributed by atoms with Gasteiger partial charge in [-0.15, -0.1) is 0 Å². The highest BCUT2D eigenvalue weighted by molar-refractivity contribution is 14.1. The van der Waals surface area contributed by atoms with E-state index in [0.29, 0.717) is 0 Å². The van der Waals surface area contributed by atoms with Crippen LogP contribution in [0.3, 0.4) is 0 Å². The summed E-state index contributed by atoms with van der Waals surface area (Å²) in [6, 6.07) is 0. The highest BCUT2D eigenvalue weighted by Crippen LogP contribution is 2.37. The number of alkyl halides is 1. The van der Waals surface area contributed by atoms with E-state index in [-0.39, 0.29) is 5.60 Å². The smallest absolute Gasteiger partial charge is 0.0771 e. The van der Waals surface area contributed by atoms with Gasteiger partial charge >= 0.3 is 0 Å². The first-order valence-corrected chi connectivity index (χ1v) is 8.46. The SMILES string of the molecule is CC1CCCC(COC2(CI)CCCC2)C1. The van der Waals surface area contributed by atoms with Crippen molar-refractivity contribution >= 4 is 22.6 Å². The van der Waals surface area contributed by atoms with Gasteiger partial charge in [0.05, 0.1) is 12.2 Å². The van der Waals surface area contributed by atoms with Crippen LogP contribution >= 0.6 is 22.6 Å². The average molecular weight is 336 g/mol. The quantitative estimate of drug-likeness (QED) is 0.539. The molecule has 2 rings (SSSR count). The molecule has 2 fully saturated rings. The Labute approximate surface area is 114 Å². The van der Waals surface area contributed by atoms with Crippen molar-refractivity contribution in [1.82, 2.24) is 0 Å². The predicted octanol–water partition coefficient (Wildman–Crippen LogP) is 4.58. The Hall–Kier alpha value is 0.690. The van der Waals surface area contributed by atoms with Gasteiger partial charge in [-0.3, -0.25) is 0 Å². The van der Waals surface area contributed by atoms with Gasteiger partial charge in [0.2, 0.25) is 0 Å². The largest absolute Gasteiger partial charge is 0.374 e. The Morgan fingerprint density at radius 1 is 1.19 bits per heavy atom. The van der Waals surface area contributed by atoms with E-state index in [1.807, 2.05) is 0 Å². The van der Waals surface area contributed by atoms with Crippen LogP contribution in [0.4, 0.5) is 0 Å². The van der Waals surface area contributed by atoms with Crippen LogP contribution in [-0.2, 0) is 4.74 Å². The van der Waals surface area contributed by atoms with Crippen molar-refractivity contribution in [3.05, 3.63) is 0 Å². The Kier molecular flexibility index (Phi) is 4.95. The van der Waals surface area contributed by atoms with Crippen LogP contribution in [0.5, 0.6) is 0 Å². The lowest BCUT2D eigenvalue weighted by atomic mass is 9.83. The Bertz CT molecular complexity index is 211. The summed E-state index contributed by atoms with van der Waals surface area (Å²) in [5, 5.41) is 0. The standard InChI is InChI=1S/C14H25IO/c1-12-5-4-6-13(9-12)10-16-14(11-15)7-2-3-8-14/h12-13H,2-11H2,1H3. The summed E-state index contributed by atoms with van der Waals surface area (Å²) in [5.41, 5.74) is 0.265. The number of halogens is 1. The highest BCUT2D eigenvalue weighted by Gasteiger charge is 2.34. The minimum atomic E-state index is 0.265. The molecule has 0 saturated heterocycles. The van der Waals surface area contributed by atoms with Gasteiger partial charge < -0.3 is 4.74 Å². The molecular formula is C14H25IO. The predicted molar refractivity (Wildman–Crippen MR) is 77.2 cm³/mol. The normalized spacial score (nSPS) is 34.1. The molecule has 2 aliphatic rings. The number of rotatable bonds is 4. The first-order valence-electron chi connectivity index (χ1n) is 6.94. The van der Waals surface area contributed by atoms with Gasteiger partial charge in [-0.25, -0.2) is 0 Å². The van der Waals surface area contributed by atoms with Crippen LogP contribution < -0.4 is 0 Å². The minimum Gasteiger partial charge on any atom is -0.374 e. The second kappa shape index (κ2) is 6.03. The van der Waals surface area contributed by atoms with Crippen LogP contribution in [0.25, 0.3) is 0 Å². The molecule has 2 aliphatic carbocycles. The van der Waals surface area contributed by atoms with Crippen LogP contribution in [0.15, 0.2) is 0 Å². The molecule has 0 heterocycles. The van der Waals surface area contributed by atoms with Crippen molar-refractivity contribution in [2.24, 2.45) is 11.8 Å².